The zero-order chi connectivity index (χ0) is 10.0. The molecule has 0 aromatic carbocycles. The molecule has 0 unspecified atom stereocenters. The zero-order valence-corrected chi connectivity index (χ0v) is 7.47. The van der Waals surface area contributed by atoms with E-state index in [0.29, 0.717) is 0 Å². The zero-order valence-electron chi connectivity index (χ0n) is 7.47. The van der Waals surface area contributed by atoms with Gasteiger partial charge >= 0.3 is 0 Å². The Bertz CT molecular complexity index is 197. The van der Waals surface area contributed by atoms with Gasteiger partial charge in [0.2, 0.25) is 0 Å². The van der Waals surface area contributed by atoms with Crippen molar-refractivity contribution in [1.29, 1.82) is 0 Å². The maximum absolute atomic E-state index is 10.8. The van der Waals surface area contributed by atoms with Gasteiger partial charge in [-0.2, -0.15) is 0 Å². The van der Waals surface area contributed by atoms with Gasteiger partial charge in [0.05, 0.1) is 12.2 Å². The Hall–Kier alpha value is -0.490. The average Bonchev–Trinajstić information content (AvgIpc) is 2.06. The number of β-amino-alcohol motifs (C(OH)–C–C–N with tert-alkyl or cyclic N) is 1. The van der Waals surface area contributed by atoms with Crippen LogP contribution in [-0.2, 0) is 4.79 Å². The Labute approximate surface area is 76.4 Å². The molecular formula is C8H15NO4. The molecule has 0 aromatic rings. The Morgan fingerprint density at radius 1 is 1.38 bits per heavy atom. The summed E-state index contributed by atoms with van der Waals surface area (Å²) < 4.78 is 0. The molecular weight excluding hydrogens is 174 g/mol. The maximum atomic E-state index is 10.8. The van der Waals surface area contributed by atoms with Gasteiger partial charge in [-0.15, -0.1) is 0 Å². The molecule has 76 valence electrons. The second kappa shape index (κ2) is 4.15. The minimum atomic E-state index is -1.16. The summed E-state index contributed by atoms with van der Waals surface area (Å²) in [5.41, 5.74) is 0. The van der Waals surface area contributed by atoms with Gasteiger partial charge in [0.25, 0.3) is 0 Å². The molecule has 1 rings (SSSR count). The van der Waals surface area contributed by atoms with Crippen molar-refractivity contribution in [1.82, 2.24) is 5.32 Å². The summed E-state index contributed by atoms with van der Waals surface area (Å²) in [6.45, 7) is 1.63. The van der Waals surface area contributed by atoms with Crippen LogP contribution >= 0.6 is 0 Å². The number of carbonyl (C=O) groups excluding carboxylic acids is 1. The minimum Gasteiger partial charge on any atom is -0.389 e. The maximum Gasteiger partial charge on any atom is 0.131 e. The summed E-state index contributed by atoms with van der Waals surface area (Å²) in [6.07, 6.45) is -3.03. The first-order chi connectivity index (χ1) is 6.02. The highest BCUT2D eigenvalue weighted by atomic mass is 16.4. The molecule has 0 radical (unpaired) electrons. The van der Waals surface area contributed by atoms with E-state index in [-0.39, 0.29) is 18.7 Å². The molecule has 5 heteroatoms. The van der Waals surface area contributed by atoms with Crippen molar-refractivity contribution in [3.63, 3.8) is 0 Å². The standard InChI is InChI=1S/C8H15NO4/c1-4(10)2-5-7(12)8(13)6(11)3-9-5/h5-9,11-13H,2-3H2,1H3/t5-,6-,7+,8-/m1/s1. The highest BCUT2D eigenvalue weighted by Gasteiger charge is 2.36. The molecule has 0 amide bonds. The number of rotatable bonds is 2. The van der Waals surface area contributed by atoms with E-state index in [9.17, 15) is 15.0 Å². The number of aliphatic hydroxyl groups is 3. The van der Waals surface area contributed by atoms with Crippen molar-refractivity contribution < 1.29 is 20.1 Å². The first-order valence-corrected chi connectivity index (χ1v) is 4.29. The number of hydrogen-bond donors (Lipinski definition) is 4. The van der Waals surface area contributed by atoms with Crippen LogP contribution in [0, 0.1) is 0 Å². The van der Waals surface area contributed by atoms with Crippen molar-refractivity contribution in [2.45, 2.75) is 37.7 Å². The molecule has 1 aliphatic heterocycles. The molecule has 13 heavy (non-hydrogen) atoms. The Kier molecular flexibility index (Phi) is 3.38. The number of Topliss-reactive ketones (excluding diaryl/α,β-unsaturated/α-hetero) is 1. The van der Waals surface area contributed by atoms with Crippen molar-refractivity contribution in [2.75, 3.05) is 6.54 Å². The molecule has 4 atom stereocenters. The quantitative estimate of drug-likeness (QED) is 0.404. The Balaban J connectivity index is 2.53. The smallest absolute Gasteiger partial charge is 0.131 e. The van der Waals surface area contributed by atoms with Crippen LogP contribution in [0.1, 0.15) is 13.3 Å². The van der Waals surface area contributed by atoms with E-state index in [1.54, 1.807) is 0 Å². The SMILES string of the molecule is CC(=O)C[C@H]1NC[C@@H](O)[C@@H](O)[C@H]1O. The summed E-state index contributed by atoms with van der Waals surface area (Å²) in [7, 11) is 0. The van der Waals surface area contributed by atoms with E-state index in [1.165, 1.54) is 6.92 Å². The minimum absolute atomic E-state index is 0.0554. The lowest BCUT2D eigenvalue weighted by molar-refractivity contribution is -0.123. The second-order valence-electron chi connectivity index (χ2n) is 3.47. The van der Waals surface area contributed by atoms with Crippen LogP contribution in [0.3, 0.4) is 0 Å². The van der Waals surface area contributed by atoms with Crippen molar-refractivity contribution >= 4 is 5.78 Å². The van der Waals surface area contributed by atoms with Crippen molar-refractivity contribution in [3.8, 4) is 0 Å². The Morgan fingerprint density at radius 2 is 2.00 bits per heavy atom. The molecule has 0 saturated carbocycles. The third-order valence-corrected chi connectivity index (χ3v) is 2.25. The van der Waals surface area contributed by atoms with E-state index in [4.69, 9.17) is 5.11 Å². The van der Waals surface area contributed by atoms with Crippen LogP contribution in [0.25, 0.3) is 0 Å². The third-order valence-electron chi connectivity index (χ3n) is 2.25. The molecule has 0 aliphatic carbocycles. The molecule has 1 fully saturated rings. The number of nitrogens with one attached hydrogen (secondary N) is 1. The number of aliphatic hydroxyl groups excluding tert-OH is 3. The van der Waals surface area contributed by atoms with Gasteiger partial charge in [-0.05, 0) is 6.92 Å². The summed E-state index contributed by atoms with van der Waals surface area (Å²) in [5, 5.41) is 30.7. The van der Waals surface area contributed by atoms with Crippen LogP contribution in [0.5, 0.6) is 0 Å². The number of piperidine rings is 1. The normalized spacial score (nSPS) is 40.3. The molecule has 1 heterocycles. The van der Waals surface area contributed by atoms with Crippen molar-refractivity contribution in [3.05, 3.63) is 0 Å². The third kappa shape index (κ3) is 2.47. The fourth-order valence-corrected chi connectivity index (χ4v) is 1.48. The van der Waals surface area contributed by atoms with Gasteiger partial charge in [-0.3, -0.25) is 4.79 Å². The predicted molar refractivity (Wildman–Crippen MR) is 45.1 cm³/mol. The molecule has 0 aromatic heterocycles. The van der Waals surface area contributed by atoms with Gasteiger partial charge < -0.3 is 20.6 Å². The van der Waals surface area contributed by atoms with E-state index >= 15 is 0 Å². The first kappa shape index (κ1) is 10.6. The fourth-order valence-electron chi connectivity index (χ4n) is 1.48. The van der Waals surface area contributed by atoms with Gasteiger partial charge in [0.1, 0.15) is 11.9 Å². The van der Waals surface area contributed by atoms with E-state index < -0.39 is 24.4 Å². The van der Waals surface area contributed by atoms with Crippen LogP contribution in [-0.4, -0.2) is 52.0 Å². The first-order valence-electron chi connectivity index (χ1n) is 4.29. The van der Waals surface area contributed by atoms with Crippen LogP contribution in [0.2, 0.25) is 0 Å². The summed E-state index contributed by atoms with van der Waals surface area (Å²) in [4.78, 5) is 10.8. The fraction of sp³-hybridized carbons (Fsp3) is 0.875. The van der Waals surface area contributed by atoms with E-state index in [1.807, 2.05) is 0 Å². The van der Waals surface area contributed by atoms with Gasteiger partial charge in [0.15, 0.2) is 0 Å². The molecule has 5 nitrogen and oxygen atoms in total. The second-order valence-corrected chi connectivity index (χ2v) is 3.47. The largest absolute Gasteiger partial charge is 0.389 e. The van der Waals surface area contributed by atoms with Crippen LogP contribution < -0.4 is 5.32 Å². The Morgan fingerprint density at radius 3 is 2.54 bits per heavy atom. The number of ketones is 1. The van der Waals surface area contributed by atoms with Gasteiger partial charge in [0, 0.05) is 19.0 Å². The summed E-state index contributed by atoms with van der Waals surface area (Å²) >= 11 is 0. The highest BCUT2D eigenvalue weighted by Crippen LogP contribution is 2.13. The number of carbonyl (C=O) groups is 1. The van der Waals surface area contributed by atoms with Crippen molar-refractivity contribution in [2.24, 2.45) is 0 Å². The molecule has 4 N–H and O–H groups in total. The molecule has 1 saturated heterocycles. The van der Waals surface area contributed by atoms with Gasteiger partial charge in [-0.1, -0.05) is 0 Å². The van der Waals surface area contributed by atoms with Crippen LogP contribution in [0.4, 0.5) is 0 Å². The molecule has 0 bridgehead atoms. The lowest BCUT2D eigenvalue weighted by Gasteiger charge is -2.35. The topological polar surface area (TPSA) is 89.8 Å². The summed E-state index contributed by atoms with van der Waals surface area (Å²) in [5.74, 6) is -0.0554. The highest BCUT2D eigenvalue weighted by molar-refractivity contribution is 5.76. The number of hydrogen-bond acceptors (Lipinski definition) is 5. The lowest BCUT2D eigenvalue weighted by Crippen LogP contribution is -2.59. The summed E-state index contributed by atoms with van der Waals surface area (Å²) in [6, 6.07) is -0.448. The van der Waals surface area contributed by atoms with Crippen LogP contribution in [0.15, 0.2) is 0 Å². The van der Waals surface area contributed by atoms with E-state index in [0.717, 1.165) is 0 Å². The molecule has 0 spiro atoms. The van der Waals surface area contributed by atoms with Gasteiger partial charge in [-0.25, -0.2) is 0 Å². The van der Waals surface area contributed by atoms with E-state index in [2.05, 4.69) is 5.32 Å². The lowest BCUT2D eigenvalue weighted by atomic mass is 9.93. The predicted octanol–water partition coefficient (Wildman–Crippen LogP) is -1.98. The monoisotopic (exact) mass is 189 g/mol. The molecule has 1 aliphatic rings. The average molecular weight is 189 g/mol.